The normalized spacial score (nSPS) is 17.4. The lowest BCUT2D eigenvalue weighted by molar-refractivity contribution is 0.253. The van der Waals surface area contributed by atoms with Crippen LogP contribution < -0.4 is 11.1 Å². The van der Waals surface area contributed by atoms with Crippen LogP contribution in [0.4, 0.5) is 0 Å². The van der Waals surface area contributed by atoms with Gasteiger partial charge in [-0.1, -0.05) is 24.3 Å². The Morgan fingerprint density at radius 3 is 2.89 bits per heavy atom. The maximum Gasteiger partial charge on any atom is 0.0254 e. The van der Waals surface area contributed by atoms with Crippen molar-refractivity contribution in [3.8, 4) is 0 Å². The summed E-state index contributed by atoms with van der Waals surface area (Å²) in [5.41, 5.74) is 8.80. The summed E-state index contributed by atoms with van der Waals surface area (Å²) in [6.45, 7) is 5.19. The van der Waals surface area contributed by atoms with Gasteiger partial charge in [-0.25, -0.2) is 0 Å². The molecule has 1 aliphatic rings. The van der Waals surface area contributed by atoms with Gasteiger partial charge >= 0.3 is 0 Å². The van der Waals surface area contributed by atoms with Gasteiger partial charge in [0.05, 0.1) is 0 Å². The third-order valence-electron chi connectivity index (χ3n) is 3.46. The second kappa shape index (κ2) is 7.14. The third-order valence-corrected chi connectivity index (χ3v) is 3.92. The van der Waals surface area contributed by atoms with Crippen LogP contribution in [0, 0.1) is 0 Å². The number of nitrogens with zero attached hydrogens (tertiary/aromatic N) is 1. The van der Waals surface area contributed by atoms with Crippen molar-refractivity contribution in [1.82, 2.24) is 10.2 Å². The Hall–Kier alpha value is -0.550. The van der Waals surface area contributed by atoms with Gasteiger partial charge in [0.1, 0.15) is 0 Å². The summed E-state index contributed by atoms with van der Waals surface area (Å²) in [5.74, 6) is 0.740. The standard InChI is InChI=1S/C14H23N3S/c15-14(11-18)9-16-6-8-17-7-5-12-3-1-2-4-13(12)10-17/h1-4,14,16,18H,5-11,15H2. The highest BCUT2D eigenvalue weighted by Gasteiger charge is 2.14. The van der Waals surface area contributed by atoms with Crippen molar-refractivity contribution in [2.24, 2.45) is 5.73 Å². The van der Waals surface area contributed by atoms with Crippen molar-refractivity contribution < 1.29 is 0 Å². The second-order valence-electron chi connectivity index (χ2n) is 4.94. The van der Waals surface area contributed by atoms with Crippen LogP contribution in [0.1, 0.15) is 11.1 Å². The maximum absolute atomic E-state index is 5.80. The Labute approximate surface area is 115 Å². The topological polar surface area (TPSA) is 41.3 Å². The number of hydrogen-bond acceptors (Lipinski definition) is 4. The molecule has 100 valence electrons. The van der Waals surface area contributed by atoms with Crippen molar-refractivity contribution in [2.75, 3.05) is 31.9 Å². The SMILES string of the molecule is NC(CS)CNCCN1CCc2ccccc2C1. The molecule has 0 radical (unpaired) electrons. The minimum atomic E-state index is 0.162. The molecule has 0 aliphatic carbocycles. The van der Waals surface area contributed by atoms with Crippen LogP contribution in [0.5, 0.6) is 0 Å². The number of rotatable bonds is 6. The predicted molar refractivity (Wildman–Crippen MR) is 80.1 cm³/mol. The first-order chi connectivity index (χ1) is 8.79. The summed E-state index contributed by atoms with van der Waals surface area (Å²) >= 11 is 4.18. The molecule has 0 bridgehead atoms. The number of hydrogen-bond donors (Lipinski definition) is 3. The first kappa shape index (κ1) is 13.9. The third kappa shape index (κ3) is 3.99. The molecule has 0 amide bonds. The van der Waals surface area contributed by atoms with Crippen molar-refractivity contribution in [3.63, 3.8) is 0 Å². The fraction of sp³-hybridized carbons (Fsp3) is 0.571. The quantitative estimate of drug-likeness (QED) is 0.528. The molecule has 0 spiro atoms. The molecule has 0 fully saturated rings. The van der Waals surface area contributed by atoms with Crippen LogP contribution >= 0.6 is 12.6 Å². The zero-order valence-electron chi connectivity index (χ0n) is 10.8. The van der Waals surface area contributed by atoms with Crippen LogP contribution in [0.2, 0.25) is 0 Å². The van der Waals surface area contributed by atoms with E-state index < -0.39 is 0 Å². The molecule has 1 aliphatic heterocycles. The number of thiol groups is 1. The average Bonchev–Trinajstić information content (AvgIpc) is 2.43. The summed E-state index contributed by atoms with van der Waals surface area (Å²) < 4.78 is 0. The Kier molecular flexibility index (Phi) is 5.50. The summed E-state index contributed by atoms with van der Waals surface area (Å²) in [6, 6.07) is 8.92. The largest absolute Gasteiger partial charge is 0.326 e. The van der Waals surface area contributed by atoms with Gasteiger partial charge < -0.3 is 11.1 Å². The highest BCUT2D eigenvalue weighted by Crippen LogP contribution is 2.17. The molecular formula is C14H23N3S. The van der Waals surface area contributed by atoms with E-state index in [9.17, 15) is 0 Å². The molecule has 2 rings (SSSR count). The Bertz CT molecular complexity index is 370. The minimum absolute atomic E-state index is 0.162. The molecule has 3 N–H and O–H groups in total. The maximum atomic E-state index is 5.80. The van der Waals surface area contributed by atoms with Gasteiger partial charge in [-0.15, -0.1) is 0 Å². The first-order valence-electron chi connectivity index (χ1n) is 6.66. The molecule has 0 saturated carbocycles. The number of nitrogens with two attached hydrogens (primary N) is 1. The van der Waals surface area contributed by atoms with E-state index >= 15 is 0 Å². The van der Waals surface area contributed by atoms with E-state index in [1.165, 1.54) is 17.5 Å². The molecular weight excluding hydrogens is 242 g/mol. The van der Waals surface area contributed by atoms with Crippen molar-refractivity contribution in [3.05, 3.63) is 35.4 Å². The molecule has 1 aromatic carbocycles. The first-order valence-corrected chi connectivity index (χ1v) is 7.29. The molecule has 1 heterocycles. The summed E-state index contributed by atoms with van der Waals surface area (Å²) in [5, 5.41) is 3.39. The molecule has 1 atom stereocenters. The summed E-state index contributed by atoms with van der Waals surface area (Å²) in [7, 11) is 0. The molecule has 0 aromatic heterocycles. The zero-order chi connectivity index (χ0) is 12.8. The van der Waals surface area contributed by atoms with E-state index in [0.717, 1.165) is 38.5 Å². The molecule has 4 heteroatoms. The van der Waals surface area contributed by atoms with Crippen molar-refractivity contribution >= 4 is 12.6 Å². The molecule has 1 aromatic rings. The van der Waals surface area contributed by atoms with Crippen molar-refractivity contribution in [2.45, 2.75) is 19.0 Å². The fourth-order valence-electron chi connectivity index (χ4n) is 2.33. The highest BCUT2D eigenvalue weighted by atomic mass is 32.1. The van der Waals surface area contributed by atoms with Crippen LogP contribution in [0.25, 0.3) is 0 Å². The van der Waals surface area contributed by atoms with Gasteiger partial charge in [0.25, 0.3) is 0 Å². The minimum Gasteiger partial charge on any atom is -0.326 e. The van der Waals surface area contributed by atoms with E-state index in [2.05, 4.69) is 47.1 Å². The van der Waals surface area contributed by atoms with Crippen LogP contribution in [-0.4, -0.2) is 42.9 Å². The summed E-state index contributed by atoms with van der Waals surface area (Å²) in [4.78, 5) is 2.50. The van der Waals surface area contributed by atoms with Gasteiger partial charge in [-0.05, 0) is 17.5 Å². The summed E-state index contributed by atoms with van der Waals surface area (Å²) in [6.07, 6.45) is 1.17. The Morgan fingerprint density at radius 2 is 2.11 bits per heavy atom. The smallest absolute Gasteiger partial charge is 0.0254 e. The van der Waals surface area contributed by atoms with Gasteiger partial charge in [-0.3, -0.25) is 4.90 Å². The van der Waals surface area contributed by atoms with Gasteiger partial charge in [0.2, 0.25) is 0 Å². The average molecular weight is 265 g/mol. The highest BCUT2D eigenvalue weighted by molar-refractivity contribution is 7.80. The molecule has 0 saturated heterocycles. The molecule has 3 nitrogen and oxygen atoms in total. The predicted octanol–water partition coefficient (Wildman–Crippen LogP) is 0.891. The van der Waals surface area contributed by atoms with Gasteiger partial charge in [0, 0.05) is 44.5 Å². The zero-order valence-corrected chi connectivity index (χ0v) is 11.7. The van der Waals surface area contributed by atoms with Gasteiger partial charge in [0.15, 0.2) is 0 Å². The lowest BCUT2D eigenvalue weighted by atomic mass is 10.00. The molecule has 1 unspecified atom stereocenters. The van der Waals surface area contributed by atoms with Crippen LogP contribution in [-0.2, 0) is 13.0 Å². The van der Waals surface area contributed by atoms with E-state index in [0.29, 0.717) is 0 Å². The van der Waals surface area contributed by atoms with E-state index in [1.54, 1.807) is 0 Å². The van der Waals surface area contributed by atoms with E-state index in [4.69, 9.17) is 5.73 Å². The molecule has 18 heavy (non-hydrogen) atoms. The number of nitrogens with one attached hydrogen (secondary N) is 1. The number of benzene rings is 1. The van der Waals surface area contributed by atoms with E-state index in [-0.39, 0.29) is 6.04 Å². The van der Waals surface area contributed by atoms with Crippen LogP contribution in [0.3, 0.4) is 0 Å². The van der Waals surface area contributed by atoms with Crippen molar-refractivity contribution in [1.29, 1.82) is 0 Å². The monoisotopic (exact) mass is 265 g/mol. The Morgan fingerprint density at radius 1 is 1.33 bits per heavy atom. The lowest BCUT2D eigenvalue weighted by Gasteiger charge is -2.28. The van der Waals surface area contributed by atoms with Gasteiger partial charge in [-0.2, -0.15) is 12.6 Å². The number of fused-ring (bicyclic) bond motifs is 1. The van der Waals surface area contributed by atoms with E-state index in [1.807, 2.05) is 0 Å². The lowest BCUT2D eigenvalue weighted by Crippen LogP contribution is -2.40. The van der Waals surface area contributed by atoms with Crippen LogP contribution in [0.15, 0.2) is 24.3 Å². The fourth-order valence-corrected chi connectivity index (χ4v) is 2.46. The second-order valence-corrected chi connectivity index (χ2v) is 5.31. The Balaban J connectivity index is 1.70.